The Balaban J connectivity index is 1.80. The van der Waals surface area contributed by atoms with Gasteiger partial charge in [-0.2, -0.15) is 0 Å². The highest BCUT2D eigenvalue weighted by atomic mass is 32.2. The monoisotopic (exact) mass is 405 g/mol. The molecule has 9 heteroatoms. The first-order valence-corrected chi connectivity index (χ1v) is 10.1. The second-order valence-electron chi connectivity index (χ2n) is 5.91. The smallest absolute Gasteiger partial charge is 0.347 e. The number of carbonyl (C=O) groups excluding carboxylic acids is 2. The van der Waals surface area contributed by atoms with Crippen molar-refractivity contribution < 1.29 is 32.2 Å². The molecule has 2 aromatic rings. The molecule has 1 aliphatic rings. The standard InChI is InChI=1S/C19H19NO7S/c1-2-25-13-7-9-14(10-8-13)28(23,24)20-16-6-4-3-5-15(16)18(21)27-17-11-12-26-19(17)22/h3-10,17,20H,2,11-12H2,1H3/t17-/m0/s1. The molecule has 1 N–H and O–H groups in total. The van der Waals surface area contributed by atoms with Crippen LogP contribution >= 0.6 is 0 Å². The van der Waals surface area contributed by atoms with Gasteiger partial charge in [0.25, 0.3) is 10.0 Å². The maximum Gasteiger partial charge on any atom is 0.347 e. The number of sulfonamides is 1. The van der Waals surface area contributed by atoms with Crippen LogP contribution < -0.4 is 9.46 Å². The zero-order valence-corrected chi connectivity index (χ0v) is 15.9. The van der Waals surface area contributed by atoms with Crippen molar-refractivity contribution in [3.63, 3.8) is 0 Å². The third kappa shape index (κ3) is 4.42. The molecular weight excluding hydrogens is 386 g/mol. The van der Waals surface area contributed by atoms with Crippen LogP contribution in [0.3, 0.4) is 0 Å². The first-order chi connectivity index (χ1) is 13.4. The fraction of sp³-hybridized carbons (Fsp3) is 0.263. The van der Waals surface area contributed by atoms with Crippen molar-refractivity contribution >= 4 is 27.6 Å². The van der Waals surface area contributed by atoms with E-state index in [0.717, 1.165) is 0 Å². The lowest BCUT2D eigenvalue weighted by atomic mass is 10.2. The largest absolute Gasteiger partial charge is 0.494 e. The number of benzene rings is 2. The van der Waals surface area contributed by atoms with Gasteiger partial charge >= 0.3 is 11.9 Å². The van der Waals surface area contributed by atoms with Crippen molar-refractivity contribution in [3.8, 4) is 5.75 Å². The molecule has 148 valence electrons. The summed E-state index contributed by atoms with van der Waals surface area (Å²) in [5, 5.41) is 0. The van der Waals surface area contributed by atoms with Gasteiger partial charge in [0.05, 0.1) is 29.4 Å². The molecule has 1 heterocycles. The molecule has 0 radical (unpaired) electrons. The minimum atomic E-state index is -3.94. The van der Waals surface area contributed by atoms with E-state index in [0.29, 0.717) is 12.4 Å². The lowest BCUT2D eigenvalue weighted by Crippen LogP contribution is -2.24. The Morgan fingerprint density at radius 1 is 1.18 bits per heavy atom. The van der Waals surface area contributed by atoms with Crippen molar-refractivity contribution in [2.45, 2.75) is 24.3 Å². The number of esters is 2. The predicted octanol–water partition coefficient (Wildman–Crippen LogP) is 2.36. The third-order valence-electron chi connectivity index (χ3n) is 3.97. The highest BCUT2D eigenvalue weighted by Crippen LogP contribution is 2.23. The Bertz CT molecular complexity index is 970. The van der Waals surface area contributed by atoms with Gasteiger partial charge < -0.3 is 14.2 Å². The minimum Gasteiger partial charge on any atom is -0.494 e. The first-order valence-electron chi connectivity index (χ1n) is 8.63. The fourth-order valence-electron chi connectivity index (χ4n) is 2.61. The average molecular weight is 405 g/mol. The Morgan fingerprint density at radius 3 is 2.54 bits per heavy atom. The predicted molar refractivity (Wildman–Crippen MR) is 99.6 cm³/mol. The van der Waals surface area contributed by atoms with Gasteiger partial charge in [0.15, 0.2) is 0 Å². The lowest BCUT2D eigenvalue weighted by molar-refractivity contribution is -0.145. The van der Waals surface area contributed by atoms with E-state index in [1.54, 1.807) is 24.3 Å². The molecule has 0 unspecified atom stereocenters. The van der Waals surface area contributed by atoms with Crippen molar-refractivity contribution in [1.29, 1.82) is 0 Å². The molecule has 0 aliphatic carbocycles. The summed E-state index contributed by atoms with van der Waals surface area (Å²) in [6.07, 6.45) is -0.715. The van der Waals surface area contributed by atoms with Gasteiger partial charge in [0, 0.05) is 6.42 Å². The van der Waals surface area contributed by atoms with Crippen LogP contribution in [0.4, 0.5) is 5.69 Å². The van der Waals surface area contributed by atoms with Crippen LogP contribution in [0.1, 0.15) is 23.7 Å². The van der Waals surface area contributed by atoms with Crippen LogP contribution in [0.15, 0.2) is 53.4 Å². The van der Waals surface area contributed by atoms with E-state index < -0.39 is 28.1 Å². The van der Waals surface area contributed by atoms with Gasteiger partial charge in [-0.3, -0.25) is 4.72 Å². The zero-order chi connectivity index (χ0) is 20.1. The SMILES string of the molecule is CCOc1ccc(S(=O)(=O)Nc2ccccc2C(=O)O[C@H]2CCOC2=O)cc1. The molecule has 1 aliphatic heterocycles. The molecule has 28 heavy (non-hydrogen) atoms. The Kier molecular flexibility index (Phi) is 5.84. The summed E-state index contributed by atoms with van der Waals surface area (Å²) in [7, 11) is -3.94. The lowest BCUT2D eigenvalue weighted by Gasteiger charge is -2.14. The van der Waals surface area contributed by atoms with E-state index in [4.69, 9.17) is 14.2 Å². The van der Waals surface area contributed by atoms with Crippen LogP contribution in [-0.2, 0) is 24.3 Å². The second-order valence-corrected chi connectivity index (χ2v) is 7.59. The summed E-state index contributed by atoms with van der Waals surface area (Å²) in [6.45, 7) is 2.48. The number of hydrogen-bond donors (Lipinski definition) is 1. The van der Waals surface area contributed by atoms with Crippen LogP contribution in [0.5, 0.6) is 5.75 Å². The topological polar surface area (TPSA) is 108 Å². The van der Waals surface area contributed by atoms with Gasteiger partial charge in [-0.05, 0) is 43.3 Å². The minimum absolute atomic E-state index is 0.00304. The summed E-state index contributed by atoms with van der Waals surface area (Å²) in [4.78, 5) is 23.9. The van der Waals surface area contributed by atoms with Crippen molar-refractivity contribution in [2.24, 2.45) is 0 Å². The average Bonchev–Trinajstić information content (AvgIpc) is 3.07. The maximum atomic E-state index is 12.7. The summed E-state index contributed by atoms with van der Waals surface area (Å²) in [5.74, 6) is -0.872. The number of nitrogens with one attached hydrogen (secondary N) is 1. The quantitative estimate of drug-likeness (QED) is 0.705. The zero-order valence-electron chi connectivity index (χ0n) is 15.1. The summed E-state index contributed by atoms with van der Waals surface area (Å²) >= 11 is 0. The molecule has 3 rings (SSSR count). The molecule has 1 atom stereocenters. The summed E-state index contributed by atoms with van der Waals surface area (Å²) < 4.78 is 42.9. The number of anilines is 1. The number of rotatable bonds is 7. The number of cyclic esters (lactones) is 1. The molecule has 8 nitrogen and oxygen atoms in total. The van der Waals surface area contributed by atoms with Crippen molar-refractivity contribution in [2.75, 3.05) is 17.9 Å². The third-order valence-corrected chi connectivity index (χ3v) is 5.35. The normalized spacial score (nSPS) is 16.3. The highest BCUT2D eigenvalue weighted by Gasteiger charge is 2.31. The Hall–Kier alpha value is -3.07. The van der Waals surface area contributed by atoms with E-state index in [-0.39, 0.29) is 29.2 Å². The van der Waals surface area contributed by atoms with E-state index >= 15 is 0 Å². The van der Waals surface area contributed by atoms with E-state index in [9.17, 15) is 18.0 Å². The van der Waals surface area contributed by atoms with Crippen molar-refractivity contribution in [1.82, 2.24) is 0 Å². The molecule has 1 saturated heterocycles. The number of para-hydroxylation sites is 1. The molecular formula is C19H19NO7S. The molecule has 0 aromatic heterocycles. The van der Waals surface area contributed by atoms with E-state index in [1.807, 2.05) is 6.92 Å². The number of hydrogen-bond acceptors (Lipinski definition) is 7. The summed E-state index contributed by atoms with van der Waals surface area (Å²) in [6, 6.07) is 11.9. The van der Waals surface area contributed by atoms with Crippen LogP contribution in [0.2, 0.25) is 0 Å². The molecule has 0 spiro atoms. The van der Waals surface area contributed by atoms with E-state index in [1.165, 1.54) is 24.3 Å². The molecule has 0 saturated carbocycles. The van der Waals surface area contributed by atoms with Gasteiger partial charge in [0.2, 0.25) is 6.10 Å². The van der Waals surface area contributed by atoms with Crippen LogP contribution in [0.25, 0.3) is 0 Å². The molecule has 1 fully saturated rings. The highest BCUT2D eigenvalue weighted by molar-refractivity contribution is 7.92. The van der Waals surface area contributed by atoms with Crippen molar-refractivity contribution in [3.05, 3.63) is 54.1 Å². The first kappa shape index (κ1) is 19.7. The molecule has 0 amide bonds. The molecule has 2 aromatic carbocycles. The maximum absolute atomic E-state index is 12.7. The van der Waals surface area contributed by atoms with Gasteiger partial charge in [0.1, 0.15) is 5.75 Å². The Morgan fingerprint density at radius 2 is 1.89 bits per heavy atom. The number of carbonyl (C=O) groups is 2. The van der Waals surface area contributed by atoms with Gasteiger partial charge in [-0.25, -0.2) is 18.0 Å². The molecule has 0 bridgehead atoms. The van der Waals surface area contributed by atoms with Crippen LogP contribution in [-0.4, -0.2) is 39.7 Å². The Labute approximate surface area is 162 Å². The van der Waals surface area contributed by atoms with Crippen LogP contribution in [0, 0.1) is 0 Å². The van der Waals surface area contributed by atoms with E-state index in [2.05, 4.69) is 4.72 Å². The van der Waals surface area contributed by atoms with Gasteiger partial charge in [-0.1, -0.05) is 12.1 Å². The summed E-state index contributed by atoms with van der Waals surface area (Å²) in [5.41, 5.74) is 0.0458. The van der Waals surface area contributed by atoms with Gasteiger partial charge in [-0.15, -0.1) is 0 Å². The second kappa shape index (κ2) is 8.30. The fourth-order valence-corrected chi connectivity index (χ4v) is 3.69. The number of ether oxygens (including phenoxy) is 3.